The van der Waals surface area contributed by atoms with Crippen LogP contribution in [0.3, 0.4) is 0 Å². The second-order valence-electron chi connectivity index (χ2n) is 6.25. The van der Waals surface area contributed by atoms with Crippen LogP contribution in [0.15, 0.2) is 69.9 Å². The number of hydrogen-bond acceptors (Lipinski definition) is 6. The Labute approximate surface area is 182 Å². The lowest BCUT2D eigenvalue weighted by molar-refractivity contribution is -0.130. The van der Waals surface area contributed by atoms with Crippen LogP contribution in [0.4, 0.5) is 0 Å². The summed E-state index contributed by atoms with van der Waals surface area (Å²) in [5.41, 5.74) is 1.57. The number of benzene rings is 2. The van der Waals surface area contributed by atoms with Crippen molar-refractivity contribution in [3.05, 3.63) is 87.4 Å². The Morgan fingerprint density at radius 3 is 2.70 bits per heavy atom. The third kappa shape index (κ3) is 4.35. The van der Waals surface area contributed by atoms with Gasteiger partial charge in [0.25, 0.3) is 5.90 Å². The molecule has 3 aromatic rings. The molecule has 4 rings (SSSR count). The van der Waals surface area contributed by atoms with E-state index in [0.29, 0.717) is 32.9 Å². The highest BCUT2D eigenvalue weighted by atomic mass is 35.5. The number of cyclic esters (lactones) is 1. The zero-order chi connectivity index (χ0) is 21.1. The van der Waals surface area contributed by atoms with Gasteiger partial charge in [0.15, 0.2) is 11.5 Å². The van der Waals surface area contributed by atoms with Gasteiger partial charge in [-0.25, -0.2) is 9.79 Å². The summed E-state index contributed by atoms with van der Waals surface area (Å²) in [5, 5.41) is 0.920. The van der Waals surface area contributed by atoms with E-state index in [1.165, 1.54) is 6.26 Å². The molecule has 2 aromatic carbocycles. The molecule has 30 heavy (non-hydrogen) atoms. The molecule has 0 atom stereocenters. The number of methoxy groups -OCH3 is 1. The predicted octanol–water partition coefficient (Wildman–Crippen LogP) is 5.52. The molecular weight excluding hydrogens is 429 g/mol. The van der Waals surface area contributed by atoms with Gasteiger partial charge in [0.05, 0.1) is 23.4 Å². The fourth-order valence-corrected chi connectivity index (χ4v) is 3.07. The van der Waals surface area contributed by atoms with Gasteiger partial charge in [-0.15, -0.1) is 0 Å². The summed E-state index contributed by atoms with van der Waals surface area (Å²) < 4.78 is 21.7. The van der Waals surface area contributed by atoms with Crippen LogP contribution in [-0.4, -0.2) is 19.0 Å². The molecule has 0 saturated heterocycles. The first-order valence-electron chi connectivity index (χ1n) is 8.84. The lowest BCUT2D eigenvalue weighted by Gasteiger charge is -2.11. The molecule has 0 spiro atoms. The van der Waals surface area contributed by atoms with E-state index in [1.54, 1.807) is 55.7 Å². The highest BCUT2D eigenvalue weighted by molar-refractivity contribution is 6.42. The van der Waals surface area contributed by atoms with Crippen molar-refractivity contribution >= 4 is 41.1 Å². The number of carbonyl (C=O) groups excluding carboxylic acids is 1. The van der Waals surface area contributed by atoms with Crippen molar-refractivity contribution in [1.29, 1.82) is 0 Å². The maximum atomic E-state index is 12.3. The van der Waals surface area contributed by atoms with Crippen molar-refractivity contribution in [2.45, 2.75) is 6.61 Å². The summed E-state index contributed by atoms with van der Waals surface area (Å²) in [6.45, 7) is 0.255. The quantitative estimate of drug-likeness (QED) is 0.370. The van der Waals surface area contributed by atoms with Gasteiger partial charge in [0.2, 0.25) is 0 Å². The van der Waals surface area contributed by atoms with E-state index in [2.05, 4.69) is 4.99 Å². The van der Waals surface area contributed by atoms with Crippen LogP contribution in [0.25, 0.3) is 6.08 Å². The van der Waals surface area contributed by atoms with Crippen LogP contribution in [0.1, 0.15) is 16.9 Å². The number of halogens is 2. The minimum Gasteiger partial charge on any atom is -0.497 e. The standard InChI is InChI=1S/C22H15Cl2NO5/c1-27-15-5-7-19(29-12-13-4-6-16(23)17(24)9-13)14(10-15)11-18-22(26)30-21(25-18)20-3-2-8-28-20/h2-11H,12H2,1H3. The second kappa shape index (κ2) is 8.65. The van der Waals surface area contributed by atoms with E-state index in [9.17, 15) is 4.79 Å². The van der Waals surface area contributed by atoms with Gasteiger partial charge in [-0.3, -0.25) is 0 Å². The SMILES string of the molecule is COc1ccc(OCc2ccc(Cl)c(Cl)c2)c(C=C2N=C(c3ccco3)OC2=O)c1. The van der Waals surface area contributed by atoms with Crippen molar-refractivity contribution in [2.75, 3.05) is 7.11 Å². The molecule has 0 saturated carbocycles. The van der Waals surface area contributed by atoms with Gasteiger partial charge in [-0.1, -0.05) is 29.3 Å². The monoisotopic (exact) mass is 443 g/mol. The minimum atomic E-state index is -0.584. The molecule has 0 fully saturated rings. The Morgan fingerprint density at radius 2 is 1.97 bits per heavy atom. The van der Waals surface area contributed by atoms with Crippen molar-refractivity contribution in [3.8, 4) is 11.5 Å². The molecule has 2 heterocycles. The molecule has 152 valence electrons. The first-order valence-corrected chi connectivity index (χ1v) is 9.60. The largest absolute Gasteiger partial charge is 0.497 e. The molecule has 6 nitrogen and oxygen atoms in total. The Bertz CT molecular complexity index is 1150. The Hall–Kier alpha value is -3.22. The summed E-state index contributed by atoms with van der Waals surface area (Å²) >= 11 is 12.0. The highest BCUT2D eigenvalue weighted by Crippen LogP contribution is 2.30. The van der Waals surface area contributed by atoms with Gasteiger partial charge < -0.3 is 18.6 Å². The van der Waals surface area contributed by atoms with Crippen LogP contribution in [-0.2, 0) is 16.1 Å². The maximum absolute atomic E-state index is 12.3. The summed E-state index contributed by atoms with van der Waals surface area (Å²) in [4.78, 5) is 16.5. The Balaban J connectivity index is 1.62. The summed E-state index contributed by atoms with van der Waals surface area (Å²) in [6, 6.07) is 13.9. The number of rotatable bonds is 6. The van der Waals surface area contributed by atoms with Crippen LogP contribution in [0.2, 0.25) is 10.0 Å². The average Bonchev–Trinajstić information content (AvgIpc) is 3.40. The van der Waals surface area contributed by atoms with Crippen LogP contribution >= 0.6 is 23.2 Å². The van der Waals surface area contributed by atoms with E-state index in [1.807, 2.05) is 6.07 Å². The van der Waals surface area contributed by atoms with E-state index in [-0.39, 0.29) is 18.2 Å². The normalized spacial score (nSPS) is 14.6. The molecule has 0 bridgehead atoms. The predicted molar refractivity (Wildman–Crippen MR) is 113 cm³/mol. The maximum Gasteiger partial charge on any atom is 0.363 e. The zero-order valence-electron chi connectivity index (χ0n) is 15.7. The fourth-order valence-electron chi connectivity index (χ4n) is 2.75. The van der Waals surface area contributed by atoms with Crippen molar-refractivity contribution < 1.29 is 23.4 Å². The Kier molecular flexibility index (Phi) is 5.79. The molecule has 8 heteroatoms. The minimum absolute atomic E-state index is 0.109. The van der Waals surface area contributed by atoms with Gasteiger partial charge >= 0.3 is 5.97 Å². The third-order valence-corrected chi connectivity index (χ3v) is 4.98. The molecule has 1 aromatic heterocycles. The first kappa shape index (κ1) is 20.1. The number of aliphatic imine (C=N–C) groups is 1. The summed E-state index contributed by atoms with van der Waals surface area (Å²) in [5.74, 6) is 1.03. The lowest BCUT2D eigenvalue weighted by Crippen LogP contribution is -2.04. The van der Waals surface area contributed by atoms with Crippen molar-refractivity contribution in [1.82, 2.24) is 0 Å². The van der Waals surface area contributed by atoms with E-state index < -0.39 is 5.97 Å². The number of esters is 1. The zero-order valence-corrected chi connectivity index (χ0v) is 17.2. The molecular formula is C22H15Cl2NO5. The number of ether oxygens (including phenoxy) is 3. The van der Waals surface area contributed by atoms with Crippen LogP contribution < -0.4 is 9.47 Å². The molecule has 0 amide bonds. The molecule has 1 aliphatic rings. The summed E-state index contributed by atoms with van der Waals surface area (Å²) in [6.07, 6.45) is 3.05. The molecule has 0 aliphatic carbocycles. The Morgan fingerprint density at radius 1 is 1.10 bits per heavy atom. The molecule has 0 N–H and O–H groups in total. The van der Waals surface area contributed by atoms with E-state index >= 15 is 0 Å². The first-order chi connectivity index (χ1) is 14.5. The summed E-state index contributed by atoms with van der Waals surface area (Å²) in [7, 11) is 1.56. The number of nitrogens with zero attached hydrogens (tertiary/aromatic N) is 1. The van der Waals surface area contributed by atoms with Gasteiger partial charge in [-0.2, -0.15) is 0 Å². The van der Waals surface area contributed by atoms with E-state index in [0.717, 1.165) is 5.56 Å². The van der Waals surface area contributed by atoms with Crippen LogP contribution in [0, 0.1) is 0 Å². The van der Waals surface area contributed by atoms with Gasteiger partial charge in [0, 0.05) is 5.56 Å². The van der Waals surface area contributed by atoms with E-state index in [4.69, 9.17) is 41.8 Å². The second-order valence-corrected chi connectivity index (χ2v) is 7.07. The van der Waals surface area contributed by atoms with Crippen molar-refractivity contribution in [3.63, 3.8) is 0 Å². The average molecular weight is 444 g/mol. The lowest BCUT2D eigenvalue weighted by atomic mass is 10.1. The third-order valence-electron chi connectivity index (χ3n) is 4.24. The smallest absolute Gasteiger partial charge is 0.363 e. The van der Waals surface area contributed by atoms with Gasteiger partial charge in [0.1, 0.15) is 18.1 Å². The number of carbonyl (C=O) groups is 1. The number of furan rings is 1. The highest BCUT2D eigenvalue weighted by Gasteiger charge is 2.26. The molecule has 1 aliphatic heterocycles. The van der Waals surface area contributed by atoms with Crippen LogP contribution in [0.5, 0.6) is 11.5 Å². The molecule has 0 unspecified atom stereocenters. The van der Waals surface area contributed by atoms with Crippen molar-refractivity contribution in [2.24, 2.45) is 4.99 Å². The molecule has 0 radical (unpaired) electrons. The topological polar surface area (TPSA) is 70.3 Å². The van der Waals surface area contributed by atoms with Gasteiger partial charge in [-0.05, 0) is 54.1 Å². The fraction of sp³-hybridized carbons (Fsp3) is 0.0909. The number of hydrogen-bond donors (Lipinski definition) is 0.